The molecule has 0 amide bonds. The highest BCUT2D eigenvalue weighted by Crippen LogP contribution is 2.54. The van der Waals surface area contributed by atoms with Gasteiger partial charge in [0.2, 0.25) is 0 Å². The van der Waals surface area contributed by atoms with E-state index < -0.39 is 12.7 Å². The fraction of sp³-hybridized carbons (Fsp3) is 0.727. The zero-order valence-electron chi connectivity index (χ0n) is 16.2. The first-order valence-corrected chi connectivity index (χ1v) is 9.97. The van der Waals surface area contributed by atoms with Crippen LogP contribution in [0, 0.1) is 28.6 Å². The highest BCUT2D eigenvalue weighted by atomic mass is 16.3. The van der Waals surface area contributed by atoms with Gasteiger partial charge < -0.3 is 10.2 Å². The Morgan fingerprint density at radius 2 is 2.08 bits per heavy atom. The first kappa shape index (κ1) is 19.5. The van der Waals surface area contributed by atoms with Crippen molar-refractivity contribution in [3.63, 3.8) is 0 Å². The second-order valence-corrected chi connectivity index (χ2v) is 9.23. The van der Waals surface area contributed by atoms with Gasteiger partial charge in [-0.15, -0.1) is 0 Å². The third-order valence-electron chi connectivity index (χ3n) is 7.47. The van der Waals surface area contributed by atoms with E-state index in [1.165, 1.54) is 0 Å². The average Bonchev–Trinajstić information content (AvgIpc) is 2.88. The Morgan fingerprint density at radius 3 is 2.77 bits per heavy atom. The lowest BCUT2D eigenvalue weighted by Crippen LogP contribution is -2.44. The lowest BCUT2D eigenvalue weighted by atomic mass is 9.58. The molecular formula is C22H32O4. The minimum absolute atomic E-state index is 0.0396. The van der Waals surface area contributed by atoms with Gasteiger partial charge in [0.15, 0.2) is 11.6 Å². The largest absolute Gasteiger partial charge is 0.393 e. The lowest BCUT2D eigenvalue weighted by molar-refractivity contribution is -0.131. The molecule has 0 aromatic rings. The molecule has 2 unspecified atom stereocenters. The molecule has 4 heteroatoms. The summed E-state index contributed by atoms with van der Waals surface area (Å²) in [7, 11) is 0. The number of hydrogen-bond donors (Lipinski definition) is 2. The van der Waals surface area contributed by atoms with Gasteiger partial charge >= 0.3 is 0 Å². The predicted molar refractivity (Wildman–Crippen MR) is 100 cm³/mol. The predicted octanol–water partition coefficient (Wildman–Crippen LogP) is 3.22. The summed E-state index contributed by atoms with van der Waals surface area (Å²) in [6.45, 7) is 5.89. The van der Waals surface area contributed by atoms with E-state index in [1.54, 1.807) is 12.2 Å². The number of hydrogen-bond acceptors (Lipinski definition) is 4. The Morgan fingerprint density at radius 1 is 1.35 bits per heavy atom. The molecule has 144 valence electrons. The van der Waals surface area contributed by atoms with Crippen LogP contribution >= 0.6 is 0 Å². The van der Waals surface area contributed by atoms with Gasteiger partial charge in [0.1, 0.15) is 6.61 Å². The smallest absolute Gasteiger partial charge is 0.178 e. The summed E-state index contributed by atoms with van der Waals surface area (Å²) in [6, 6.07) is 0. The maximum absolute atomic E-state index is 12.3. The standard InChI is InChI=1S/C22H32O4/c1-14-7-9-21(2,20(14)19(26)13-23)12-18(25)17-6-4-5-15-11-16(24)8-10-22(15,17)3/h8,10-11,14,17-18,20,23,25H,4-7,9,12-13H2,1-3H3/t14-,17?,18+,20?,21-,22+/m1/s1. The van der Waals surface area contributed by atoms with Crippen LogP contribution in [0.3, 0.4) is 0 Å². The van der Waals surface area contributed by atoms with Crippen LogP contribution in [0.2, 0.25) is 0 Å². The summed E-state index contributed by atoms with van der Waals surface area (Å²) < 4.78 is 0. The van der Waals surface area contributed by atoms with Gasteiger partial charge in [-0.05, 0) is 67.9 Å². The molecule has 0 aromatic heterocycles. The number of fused-ring (bicyclic) bond motifs is 1. The van der Waals surface area contributed by atoms with Crippen molar-refractivity contribution < 1.29 is 19.8 Å². The van der Waals surface area contributed by atoms with E-state index in [2.05, 4.69) is 20.8 Å². The zero-order valence-corrected chi connectivity index (χ0v) is 16.2. The molecule has 0 aliphatic heterocycles. The van der Waals surface area contributed by atoms with Crippen molar-refractivity contribution in [2.24, 2.45) is 28.6 Å². The summed E-state index contributed by atoms with van der Waals surface area (Å²) in [4.78, 5) is 24.1. The maximum Gasteiger partial charge on any atom is 0.178 e. The monoisotopic (exact) mass is 360 g/mol. The Labute approximate surface area is 156 Å². The first-order chi connectivity index (χ1) is 12.2. The summed E-state index contributed by atoms with van der Waals surface area (Å²) in [5.74, 6) is 0.0686. The van der Waals surface area contributed by atoms with E-state index in [0.29, 0.717) is 6.42 Å². The highest BCUT2D eigenvalue weighted by Gasteiger charge is 2.50. The summed E-state index contributed by atoms with van der Waals surface area (Å²) >= 11 is 0. The number of rotatable bonds is 5. The zero-order chi connectivity index (χ0) is 19.1. The van der Waals surface area contributed by atoms with Gasteiger partial charge in [0.25, 0.3) is 0 Å². The number of aliphatic hydroxyl groups excluding tert-OH is 2. The fourth-order valence-electron chi connectivity index (χ4n) is 6.07. The van der Waals surface area contributed by atoms with Crippen molar-refractivity contribution >= 4 is 11.6 Å². The van der Waals surface area contributed by atoms with Crippen molar-refractivity contribution in [2.75, 3.05) is 6.61 Å². The molecule has 3 aliphatic carbocycles. The summed E-state index contributed by atoms with van der Waals surface area (Å²) in [5.41, 5.74) is 0.584. The number of ketones is 2. The molecule has 0 aromatic carbocycles. The molecule has 26 heavy (non-hydrogen) atoms. The number of carbonyl (C=O) groups excluding carboxylic acids is 2. The Bertz CT molecular complexity index is 649. The number of allylic oxidation sites excluding steroid dienone is 4. The number of carbonyl (C=O) groups is 2. The quantitative estimate of drug-likeness (QED) is 0.789. The molecule has 3 aliphatic rings. The molecule has 2 saturated carbocycles. The van der Waals surface area contributed by atoms with Crippen LogP contribution < -0.4 is 0 Å². The van der Waals surface area contributed by atoms with Crippen LogP contribution in [0.4, 0.5) is 0 Å². The van der Waals surface area contributed by atoms with Gasteiger partial charge in [-0.2, -0.15) is 0 Å². The average molecular weight is 360 g/mol. The minimum Gasteiger partial charge on any atom is -0.393 e. The van der Waals surface area contributed by atoms with Gasteiger partial charge in [-0.1, -0.05) is 32.4 Å². The van der Waals surface area contributed by atoms with Crippen molar-refractivity contribution in [3.8, 4) is 0 Å². The lowest BCUT2D eigenvalue weighted by Gasteiger charge is -2.47. The van der Waals surface area contributed by atoms with Crippen molar-refractivity contribution in [1.82, 2.24) is 0 Å². The van der Waals surface area contributed by atoms with Gasteiger partial charge in [-0.3, -0.25) is 9.59 Å². The van der Waals surface area contributed by atoms with Gasteiger partial charge in [-0.25, -0.2) is 0 Å². The summed E-state index contributed by atoms with van der Waals surface area (Å²) in [6.07, 6.45) is 10.1. The molecule has 2 fully saturated rings. The van der Waals surface area contributed by atoms with Crippen molar-refractivity contribution in [1.29, 1.82) is 0 Å². The second-order valence-electron chi connectivity index (χ2n) is 9.23. The molecule has 4 nitrogen and oxygen atoms in total. The third-order valence-corrected chi connectivity index (χ3v) is 7.47. The van der Waals surface area contributed by atoms with E-state index in [9.17, 15) is 19.8 Å². The van der Waals surface area contributed by atoms with E-state index >= 15 is 0 Å². The topological polar surface area (TPSA) is 74.6 Å². The Balaban J connectivity index is 1.82. The van der Waals surface area contributed by atoms with Crippen LogP contribution in [-0.4, -0.2) is 34.5 Å². The number of Topliss-reactive ketones (excluding diaryl/α,β-unsaturated/α-hetero) is 1. The maximum atomic E-state index is 12.3. The first-order valence-electron chi connectivity index (χ1n) is 9.97. The van der Waals surface area contributed by atoms with E-state index in [1.807, 2.05) is 6.08 Å². The molecule has 2 N–H and O–H groups in total. The molecule has 6 atom stereocenters. The van der Waals surface area contributed by atoms with Crippen LogP contribution in [0.1, 0.15) is 59.3 Å². The fourth-order valence-corrected chi connectivity index (χ4v) is 6.07. The molecular weight excluding hydrogens is 328 g/mol. The highest BCUT2D eigenvalue weighted by molar-refractivity contribution is 6.01. The van der Waals surface area contributed by atoms with E-state index in [0.717, 1.165) is 37.7 Å². The van der Waals surface area contributed by atoms with Crippen molar-refractivity contribution in [3.05, 3.63) is 23.8 Å². The normalized spacial score (nSPS) is 40.9. The van der Waals surface area contributed by atoms with Gasteiger partial charge in [0, 0.05) is 11.3 Å². The third kappa shape index (κ3) is 3.22. The molecule has 3 rings (SSSR count). The Hall–Kier alpha value is -1.26. The van der Waals surface area contributed by atoms with E-state index in [-0.39, 0.29) is 40.2 Å². The van der Waals surface area contributed by atoms with Crippen LogP contribution in [0.25, 0.3) is 0 Å². The van der Waals surface area contributed by atoms with Crippen LogP contribution in [0.5, 0.6) is 0 Å². The number of aliphatic hydroxyl groups is 2. The van der Waals surface area contributed by atoms with Crippen molar-refractivity contribution in [2.45, 2.75) is 65.4 Å². The van der Waals surface area contributed by atoms with E-state index in [4.69, 9.17) is 0 Å². The molecule has 0 bridgehead atoms. The van der Waals surface area contributed by atoms with Crippen LogP contribution in [0.15, 0.2) is 23.8 Å². The molecule has 0 spiro atoms. The molecule has 0 heterocycles. The van der Waals surface area contributed by atoms with Crippen LogP contribution in [-0.2, 0) is 9.59 Å². The van der Waals surface area contributed by atoms with Gasteiger partial charge in [0.05, 0.1) is 6.10 Å². The minimum atomic E-state index is -0.522. The second kappa shape index (κ2) is 7.05. The SMILES string of the molecule is C[C@@H]1CC[C@](C)(C[C@H](O)C2CCCC3=CC(=O)C=C[C@@]32C)C1C(=O)CO. The molecule has 0 radical (unpaired) electrons. The Kier molecular flexibility index (Phi) is 5.28. The summed E-state index contributed by atoms with van der Waals surface area (Å²) in [5, 5.41) is 20.6. The molecule has 0 saturated heterocycles.